The minimum Gasteiger partial charge on any atom is -0.495 e. The van der Waals surface area contributed by atoms with E-state index in [1.807, 2.05) is 0 Å². The van der Waals surface area contributed by atoms with Crippen LogP contribution in [0.2, 0.25) is 0 Å². The molecular formula is C17H25N3O3. The molecule has 0 spiro atoms. The van der Waals surface area contributed by atoms with Gasteiger partial charge in [0, 0.05) is 12.6 Å². The molecule has 1 heterocycles. The van der Waals surface area contributed by atoms with Gasteiger partial charge < -0.3 is 15.4 Å². The highest BCUT2D eigenvalue weighted by molar-refractivity contribution is 5.95. The molecule has 1 aromatic rings. The van der Waals surface area contributed by atoms with Crippen molar-refractivity contribution < 1.29 is 14.3 Å². The average Bonchev–Trinajstić information content (AvgIpc) is 2.75. The summed E-state index contributed by atoms with van der Waals surface area (Å²) in [6.07, 6.45) is 4.78. The quantitative estimate of drug-likeness (QED) is 0.874. The fourth-order valence-electron chi connectivity index (χ4n) is 2.77. The number of amides is 2. The summed E-state index contributed by atoms with van der Waals surface area (Å²) >= 11 is 0. The molecule has 1 aliphatic rings. The lowest BCUT2D eigenvalue weighted by Crippen LogP contribution is -2.34. The predicted octanol–water partition coefficient (Wildman–Crippen LogP) is 2.47. The third-order valence-electron chi connectivity index (χ3n) is 3.86. The van der Waals surface area contributed by atoms with Crippen molar-refractivity contribution in [3.8, 4) is 5.75 Å². The highest BCUT2D eigenvalue weighted by atomic mass is 16.5. The van der Waals surface area contributed by atoms with Crippen LogP contribution in [0.5, 0.6) is 5.75 Å². The van der Waals surface area contributed by atoms with Gasteiger partial charge in [0.05, 0.1) is 19.3 Å². The highest BCUT2D eigenvalue weighted by Gasteiger charge is 2.15. The Balaban J connectivity index is 2.01. The lowest BCUT2D eigenvalue weighted by atomic mass is 10.2. The van der Waals surface area contributed by atoms with Gasteiger partial charge in [-0.15, -0.1) is 0 Å². The van der Waals surface area contributed by atoms with E-state index in [-0.39, 0.29) is 11.8 Å². The second kappa shape index (κ2) is 8.53. The number of hydrogen-bond acceptors (Lipinski definition) is 4. The van der Waals surface area contributed by atoms with Crippen LogP contribution in [0.4, 0.5) is 11.4 Å². The van der Waals surface area contributed by atoms with Crippen LogP contribution < -0.4 is 15.4 Å². The zero-order chi connectivity index (χ0) is 16.7. The summed E-state index contributed by atoms with van der Waals surface area (Å²) in [5, 5.41) is 5.59. The first-order valence-electron chi connectivity index (χ1n) is 8.06. The van der Waals surface area contributed by atoms with Crippen molar-refractivity contribution in [1.29, 1.82) is 0 Å². The van der Waals surface area contributed by atoms with Gasteiger partial charge in [-0.2, -0.15) is 0 Å². The smallest absolute Gasteiger partial charge is 0.238 e. The molecule has 0 atom stereocenters. The van der Waals surface area contributed by atoms with Gasteiger partial charge in [0.15, 0.2) is 0 Å². The number of hydrogen-bond donors (Lipinski definition) is 2. The van der Waals surface area contributed by atoms with E-state index in [1.165, 1.54) is 19.8 Å². The minimum atomic E-state index is -0.156. The van der Waals surface area contributed by atoms with Crippen LogP contribution in [0, 0.1) is 0 Å². The first-order chi connectivity index (χ1) is 11.1. The van der Waals surface area contributed by atoms with Gasteiger partial charge >= 0.3 is 0 Å². The molecule has 23 heavy (non-hydrogen) atoms. The van der Waals surface area contributed by atoms with E-state index in [1.54, 1.807) is 25.3 Å². The summed E-state index contributed by atoms with van der Waals surface area (Å²) in [6.45, 7) is 3.77. The van der Waals surface area contributed by atoms with Crippen molar-refractivity contribution in [2.45, 2.75) is 32.6 Å². The van der Waals surface area contributed by atoms with Gasteiger partial charge in [-0.3, -0.25) is 14.5 Å². The summed E-state index contributed by atoms with van der Waals surface area (Å²) in [6, 6.07) is 5.18. The van der Waals surface area contributed by atoms with Crippen LogP contribution in [0.3, 0.4) is 0 Å². The van der Waals surface area contributed by atoms with Crippen molar-refractivity contribution in [1.82, 2.24) is 4.90 Å². The van der Waals surface area contributed by atoms with Crippen molar-refractivity contribution in [2.75, 3.05) is 37.4 Å². The molecule has 0 radical (unpaired) electrons. The highest BCUT2D eigenvalue weighted by Crippen LogP contribution is 2.27. The third-order valence-corrected chi connectivity index (χ3v) is 3.86. The Morgan fingerprint density at radius 1 is 1.13 bits per heavy atom. The SMILES string of the molecule is COc1ccc(NC(C)=O)cc1NC(=O)CN1CCCCCC1. The van der Waals surface area contributed by atoms with Crippen LogP contribution in [-0.4, -0.2) is 43.5 Å². The number of ether oxygens (including phenoxy) is 1. The summed E-state index contributed by atoms with van der Waals surface area (Å²) in [5.41, 5.74) is 1.20. The molecule has 1 aromatic carbocycles. The van der Waals surface area contributed by atoms with Gasteiger partial charge in [0.1, 0.15) is 5.75 Å². The van der Waals surface area contributed by atoms with Gasteiger partial charge in [-0.05, 0) is 44.1 Å². The number of benzene rings is 1. The van der Waals surface area contributed by atoms with Crippen LogP contribution >= 0.6 is 0 Å². The van der Waals surface area contributed by atoms with Crippen LogP contribution in [0.1, 0.15) is 32.6 Å². The number of methoxy groups -OCH3 is 1. The number of rotatable bonds is 5. The molecule has 2 amide bonds. The second-order valence-corrected chi connectivity index (χ2v) is 5.83. The molecule has 1 fully saturated rings. The molecule has 126 valence electrons. The zero-order valence-corrected chi connectivity index (χ0v) is 13.9. The normalized spacial score (nSPS) is 15.6. The monoisotopic (exact) mass is 319 g/mol. The Bertz CT molecular complexity index is 552. The van der Waals surface area contributed by atoms with Crippen LogP contribution in [0.15, 0.2) is 18.2 Å². The fraction of sp³-hybridized carbons (Fsp3) is 0.529. The van der Waals surface area contributed by atoms with E-state index >= 15 is 0 Å². The maximum absolute atomic E-state index is 12.3. The number of likely N-dealkylation sites (tertiary alicyclic amines) is 1. The molecule has 2 N–H and O–H groups in total. The van der Waals surface area contributed by atoms with Crippen molar-refractivity contribution in [3.63, 3.8) is 0 Å². The summed E-state index contributed by atoms with van der Waals surface area (Å²) in [5.74, 6) is 0.352. The topological polar surface area (TPSA) is 70.7 Å². The van der Waals surface area contributed by atoms with Crippen molar-refractivity contribution >= 4 is 23.2 Å². The predicted molar refractivity (Wildman–Crippen MR) is 90.8 cm³/mol. The molecule has 6 nitrogen and oxygen atoms in total. The molecule has 0 saturated carbocycles. The molecule has 0 unspecified atom stereocenters. The van der Waals surface area contributed by atoms with Gasteiger partial charge in [0.25, 0.3) is 0 Å². The standard InChI is InChI=1S/C17H25N3O3/c1-13(21)18-14-7-8-16(23-2)15(11-14)19-17(22)12-20-9-5-3-4-6-10-20/h7-8,11H,3-6,9-10,12H2,1-2H3,(H,18,21)(H,19,22). The van der Waals surface area contributed by atoms with Crippen molar-refractivity contribution in [3.05, 3.63) is 18.2 Å². The van der Waals surface area contributed by atoms with E-state index in [9.17, 15) is 9.59 Å². The Morgan fingerprint density at radius 3 is 2.43 bits per heavy atom. The Morgan fingerprint density at radius 2 is 1.83 bits per heavy atom. The number of anilines is 2. The molecule has 0 aliphatic carbocycles. The fourth-order valence-corrected chi connectivity index (χ4v) is 2.77. The van der Waals surface area contributed by atoms with E-state index in [4.69, 9.17) is 4.74 Å². The third kappa shape index (κ3) is 5.56. The summed E-state index contributed by atoms with van der Waals surface area (Å²) in [7, 11) is 1.55. The van der Waals surface area contributed by atoms with E-state index in [0.717, 1.165) is 25.9 Å². The molecule has 2 rings (SSSR count). The molecule has 1 saturated heterocycles. The maximum Gasteiger partial charge on any atom is 0.238 e. The van der Waals surface area contributed by atoms with Crippen LogP contribution in [-0.2, 0) is 9.59 Å². The maximum atomic E-state index is 12.3. The van der Waals surface area contributed by atoms with Gasteiger partial charge in [-0.25, -0.2) is 0 Å². The number of nitrogens with one attached hydrogen (secondary N) is 2. The summed E-state index contributed by atoms with van der Waals surface area (Å²) < 4.78 is 5.28. The Labute approximate surface area is 137 Å². The zero-order valence-electron chi connectivity index (χ0n) is 13.9. The summed E-state index contributed by atoms with van der Waals surface area (Å²) in [4.78, 5) is 25.6. The van der Waals surface area contributed by atoms with Crippen LogP contribution in [0.25, 0.3) is 0 Å². The molecule has 6 heteroatoms. The lowest BCUT2D eigenvalue weighted by molar-refractivity contribution is -0.117. The number of carbonyl (C=O) groups is 2. The molecule has 0 aromatic heterocycles. The van der Waals surface area contributed by atoms with Gasteiger partial charge in [-0.1, -0.05) is 12.8 Å². The van der Waals surface area contributed by atoms with Gasteiger partial charge in [0.2, 0.25) is 11.8 Å². The van der Waals surface area contributed by atoms with Crippen molar-refractivity contribution in [2.24, 2.45) is 0 Å². The average molecular weight is 319 g/mol. The number of nitrogens with zero attached hydrogens (tertiary/aromatic N) is 1. The first kappa shape index (κ1) is 17.3. The Hall–Kier alpha value is -2.08. The first-order valence-corrected chi connectivity index (χ1v) is 8.06. The Kier molecular flexibility index (Phi) is 6.40. The largest absolute Gasteiger partial charge is 0.495 e. The number of carbonyl (C=O) groups excluding carboxylic acids is 2. The molecular weight excluding hydrogens is 294 g/mol. The van der Waals surface area contributed by atoms with E-state index in [2.05, 4.69) is 15.5 Å². The van der Waals surface area contributed by atoms with E-state index in [0.29, 0.717) is 23.7 Å². The lowest BCUT2D eigenvalue weighted by Gasteiger charge is -2.19. The molecule has 1 aliphatic heterocycles. The molecule has 0 bridgehead atoms. The minimum absolute atomic E-state index is 0.0647. The second-order valence-electron chi connectivity index (χ2n) is 5.83. The van der Waals surface area contributed by atoms with E-state index < -0.39 is 0 Å².